The fraction of sp³-hybridized carbons (Fsp3) is 0.0455. The molecule has 4 nitrogen and oxygen atoms in total. The zero-order valence-corrected chi connectivity index (χ0v) is 15.6. The normalized spacial score (nSPS) is 11.4. The smallest absolute Gasteiger partial charge is 0.193 e. The van der Waals surface area contributed by atoms with E-state index in [2.05, 4.69) is 0 Å². The lowest BCUT2D eigenvalue weighted by atomic mass is 10.0. The van der Waals surface area contributed by atoms with E-state index in [0.717, 1.165) is 11.1 Å². The molecule has 0 saturated heterocycles. The van der Waals surface area contributed by atoms with Crippen LogP contribution in [0.4, 0.5) is 0 Å². The molecule has 0 aliphatic carbocycles. The number of aromatic nitrogens is 2. The molecule has 0 aliphatic rings. The Kier molecular flexibility index (Phi) is 4.38. The van der Waals surface area contributed by atoms with E-state index in [1.54, 1.807) is 0 Å². The van der Waals surface area contributed by atoms with Crippen molar-refractivity contribution in [3.8, 4) is 28.1 Å². The van der Waals surface area contributed by atoms with Crippen LogP contribution in [0.1, 0.15) is 0 Å². The molecule has 4 aromatic rings. The summed E-state index contributed by atoms with van der Waals surface area (Å²) in [5.41, 5.74) is 3.66. The minimum absolute atomic E-state index is 0.193. The van der Waals surface area contributed by atoms with Gasteiger partial charge in [0.05, 0.1) is 5.69 Å². The predicted octanol–water partition coefficient (Wildman–Crippen LogP) is 4.61. The van der Waals surface area contributed by atoms with Crippen molar-refractivity contribution in [1.29, 1.82) is 0 Å². The third-order valence-electron chi connectivity index (χ3n) is 4.30. The summed E-state index contributed by atoms with van der Waals surface area (Å²) < 4.78 is 27.1. The van der Waals surface area contributed by atoms with E-state index in [0.29, 0.717) is 16.9 Å². The summed E-state index contributed by atoms with van der Waals surface area (Å²) in [6.07, 6.45) is 1.23. The number of benzene rings is 3. The first-order chi connectivity index (χ1) is 13.1. The van der Waals surface area contributed by atoms with E-state index in [9.17, 15) is 8.42 Å². The number of rotatable bonds is 4. The standard InChI is InChI=1S/C22H18N2O2S/c1-27(25,26)22-20(17-11-5-2-6-12-17)21(18-13-7-3-8-14-18)23-24(22)19-15-9-4-10-16-19/h2-16H,1H3. The van der Waals surface area contributed by atoms with Gasteiger partial charge in [-0.3, -0.25) is 0 Å². The third kappa shape index (κ3) is 3.29. The van der Waals surface area contributed by atoms with Gasteiger partial charge >= 0.3 is 0 Å². The summed E-state index contributed by atoms with van der Waals surface area (Å²) in [5.74, 6) is 0. The lowest BCUT2D eigenvalue weighted by molar-refractivity contribution is 0.592. The van der Waals surface area contributed by atoms with Crippen molar-refractivity contribution in [1.82, 2.24) is 9.78 Å². The van der Waals surface area contributed by atoms with Crippen LogP contribution >= 0.6 is 0 Å². The van der Waals surface area contributed by atoms with E-state index in [4.69, 9.17) is 5.10 Å². The predicted molar refractivity (Wildman–Crippen MR) is 108 cm³/mol. The van der Waals surface area contributed by atoms with E-state index in [1.807, 2.05) is 91.0 Å². The highest BCUT2D eigenvalue weighted by molar-refractivity contribution is 7.90. The molecule has 0 atom stereocenters. The molecule has 0 bridgehead atoms. The Morgan fingerprint density at radius 2 is 1.19 bits per heavy atom. The van der Waals surface area contributed by atoms with Crippen LogP contribution in [0.5, 0.6) is 0 Å². The second-order valence-electron chi connectivity index (χ2n) is 6.28. The Hall–Kier alpha value is -3.18. The third-order valence-corrected chi connectivity index (χ3v) is 5.38. The van der Waals surface area contributed by atoms with Crippen molar-refractivity contribution >= 4 is 9.84 Å². The summed E-state index contributed by atoms with van der Waals surface area (Å²) in [6.45, 7) is 0. The SMILES string of the molecule is CS(=O)(=O)c1c(-c2ccccc2)c(-c2ccccc2)nn1-c1ccccc1. The van der Waals surface area contributed by atoms with Gasteiger partial charge in [-0.2, -0.15) is 5.10 Å². The summed E-state index contributed by atoms with van der Waals surface area (Å²) in [6, 6.07) is 28.5. The number of hydrogen-bond acceptors (Lipinski definition) is 3. The molecule has 0 spiro atoms. The fourth-order valence-electron chi connectivity index (χ4n) is 3.15. The van der Waals surface area contributed by atoms with E-state index < -0.39 is 9.84 Å². The van der Waals surface area contributed by atoms with Gasteiger partial charge in [0, 0.05) is 17.4 Å². The van der Waals surface area contributed by atoms with Crippen LogP contribution in [-0.4, -0.2) is 24.5 Å². The summed E-state index contributed by atoms with van der Waals surface area (Å²) in [5, 5.41) is 4.92. The fourth-order valence-corrected chi connectivity index (χ4v) is 4.20. The lowest BCUT2D eigenvalue weighted by Crippen LogP contribution is -2.08. The Morgan fingerprint density at radius 1 is 0.704 bits per heavy atom. The molecule has 3 aromatic carbocycles. The van der Waals surface area contributed by atoms with E-state index >= 15 is 0 Å². The highest BCUT2D eigenvalue weighted by Gasteiger charge is 2.27. The second kappa shape index (κ2) is 6.85. The van der Waals surface area contributed by atoms with E-state index in [1.165, 1.54) is 10.9 Å². The van der Waals surface area contributed by atoms with Crippen LogP contribution in [0.3, 0.4) is 0 Å². The molecule has 4 rings (SSSR count). The van der Waals surface area contributed by atoms with Crippen molar-refractivity contribution in [2.45, 2.75) is 5.03 Å². The number of hydrogen-bond donors (Lipinski definition) is 0. The van der Waals surface area contributed by atoms with Gasteiger partial charge in [0.15, 0.2) is 14.9 Å². The van der Waals surface area contributed by atoms with Gasteiger partial charge in [-0.25, -0.2) is 13.1 Å². The maximum absolute atomic E-state index is 12.8. The van der Waals surface area contributed by atoms with Gasteiger partial charge in [-0.1, -0.05) is 78.9 Å². The average Bonchev–Trinajstić information content (AvgIpc) is 3.11. The molecule has 0 unspecified atom stereocenters. The van der Waals surface area contributed by atoms with Crippen LogP contribution < -0.4 is 0 Å². The van der Waals surface area contributed by atoms with Crippen LogP contribution in [0.2, 0.25) is 0 Å². The van der Waals surface area contributed by atoms with Crippen molar-refractivity contribution < 1.29 is 8.42 Å². The molecule has 27 heavy (non-hydrogen) atoms. The quantitative estimate of drug-likeness (QED) is 0.524. The minimum Gasteiger partial charge on any atom is -0.222 e. The Balaban J connectivity index is 2.13. The maximum atomic E-state index is 12.8. The Morgan fingerprint density at radius 3 is 1.70 bits per heavy atom. The molecule has 0 N–H and O–H groups in total. The molecule has 5 heteroatoms. The summed E-state index contributed by atoms with van der Waals surface area (Å²) in [7, 11) is -3.55. The van der Waals surface area contributed by atoms with Gasteiger partial charge in [-0.15, -0.1) is 0 Å². The zero-order chi connectivity index (χ0) is 18.9. The van der Waals surface area contributed by atoms with Crippen LogP contribution in [-0.2, 0) is 9.84 Å². The van der Waals surface area contributed by atoms with Gasteiger partial charge in [0.2, 0.25) is 0 Å². The topological polar surface area (TPSA) is 52.0 Å². The second-order valence-corrected chi connectivity index (χ2v) is 8.21. The molecule has 0 radical (unpaired) electrons. The molecule has 0 fully saturated rings. The monoisotopic (exact) mass is 374 g/mol. The molecule has 0 amide bonds. The zero-order valence-electron chi connectivity index (χ0n) is 14.8. The summed E-state index contributed by atoms with van der Waals surface area (Å²) in [4.78, 5) is 0. The molecular formula is C22H18N2O2S. The van der Waals surface area contributed by atoms with Crippen molar-refractivity contribution in [2.75, 3.05) is 6.26 Å². The molecule has 134 valence electrons. The van der Waals surface area contributed by atoms with E-state index in [-0.39, 0.29) is 5.03 Å². The number of para-hydroxylation sites is 1. The first-order valence-electron chi connectivity index (χ1n) is 8.55. The van der Waals surface area contributed by atoms with Gasteiger partial charge in [0.1, 0.15) is 5.69 Å². The van der Waals surface area contributed by atoms with Gasteiger partial charge in [0.25, 0.3) is 0 Å². The van der Waals surface area contributed by atoms with Crippen LogP contribution in [0.25, 0.3) is 28.1 Å². The van der Waals surface area contributed by atoms with Crippen LogP contribution in [0.15, 0.2) is 96.0 Å². The molecule has 1 heterocycles. The van der Waals surface area contributed by atoms with Crippen molar-refractivity contribution in [2.24, 2.45) is 0 Å². The molecule has 1 aromatic heterocycles. The van der Waals surface area contributed by atoms with Crippen molar-refractivity contribution in [3.05, 3.63) is 91.0 Å². The Bertz CT molecular complexity index is 1170. The first kappa shape index (κ1) is 17.2. The largest absolute Gasteiger partial charge is 0.222 e. The first-order valence-corrected chi connectivity index (χ1v) is 10.4. The van der Waals surface area contributed by atoms with Crippen molar-refractivity contribution in [3.63, 3.8) is 0 Å². The highest BCUT2D eigenvalue weighted by Crippen LogP contribution is 2.38. The minimum atomic E-state index is -3.55. The maximum Gasteiger partial charge on any atom is 0.193 e. The average molecular weight is 374 g/mol. The Labute approximate surface area is 158 Å². The van der Waals surface area contributed by atoms with Gasteiger partial charge < -0.3 is 0 Å². The number of nitrogens with zero attached hydrogens (tertiary/aromatic N) is 2. The molecule has 0 saturated carbocycles. The highest BCUT2D eigenvalue weighted by atomic mass is 32.2. The molecule has 0 aliphatic heterocycles. The number of sulfone groups is 1. The lowest BCUT2D eigenvalue weighted by Gasteiger charge is -2.08. The van der Waals surface area contributed by atoms with Crippen LogP contribution in [0, 0.1) is 0 Å². The van der Waals surface area contributed by atoms with Gasteiger partial charge in [-0.05, 0) is 17.7 Å². The molecular weight excluding hydrogens is 356 g/mol. The summed E-state index contributed by atoms with van der Waals surface area (Å²) >= 11 is 0.